The van der Waals surface area contributed by atoms with Gasteiger partial charge in [0.25, 0.3) is 0 Å². The normalized spacial score (nSPS) is 10.6. The first-order chi connectivity index (χ1) is 7.81. The van der Waals surface area contributed by atoms with Gasteiger partial charge in [-0.1, -0.05) is 6.92 Å². The van der Waals surface area contributed by atoms with E-state index < -0.39 is 0 Å². The molecule has 0 bridgehead atoms. The van der Waals surface area contributed by atoms with Crippen molar-refractivity contribution >= 4 is 0 Å². The smallest absolute Gasteiger partial charge is 0.123 e. The van der Waals surface area contributed by atoms with Gasteiger partial charge >= 0.3 is 0 Å². The van der Waals surface area contributed by atoms with Gasteiger partial charge in [-0.3, -0.25) is 0 Å². The van der Waals surface area contributed by atoms with E-state index in [1.54, 1.807) is 6.07 Å². The number of aromatic amines is 1. The van der Waals surface area contributed by atoms with Crippen molar-refractivity contribution < 1.29 is 4.39 Å². The predicted octanol–water partition coefficient (Wildman–Crippen LogP) is 2.93. The number of hydrogen-bond donors (Lipinski definition) is 2. The Hall–Kier alpha value is -1.61. The van der Waals surface area contributed by atoms with E-state index in [4.69, 9.17) is 0 Å². The van der Waals surface area contributed by atoms with Crippen LogP contribution in [0.3, 0.4) is 0 Å². The van der Waals surface area contributed by atoms with Crippen LogP contribution in [0.1, 0.15) is 12.5 Å². The second-order valence-corrected chi connectivity index (χ2v) is 3.67. The first kappa shape index (κ1) is 10.9. The Bertz CT molecular complexity index is 449. The van der Waals surface area contributed by atoms with Crippen LogP contribution in [0.2, 0.25) is 0 Å². The summed E-state index contributed by atoms with van der Waals surface area (Å²) >= 11 is 0. The van der Waals surface area contributed by atoms with Gasteiger partial charge in [-0.25, -0.2) is 4.39 Å². The van der Waals surface area contributed by atoms with E-state index in [1.807, 2.05) is 31.3 Å². The molecule has 0 fully saturated rings. The number of hydrogen-bond acceptors (Lipinski definition) is 1. The van der Waals surface area contributed by atoms with Gasteiger partial charge in [0.1, 0.15) is 5.82 Å². The van der Waals surface area contributed by atoms with Crippen LogP contribution >= 0.6 is 0 Å². The van der Waals surface area contributed by atoms with Crippen molar-refractivity contribution in [3.05, 3.63) is 47.9 Å². The third-order valence-corrected chi connectivity index (χ3v) is 2.52. The van der Waals surface area contributed by atoms with Gasteiger partial charge in [-0.2, -0.15) is 0 Å². The molecule has 2 nitrogen and oxygen atoms in total. The molecule has 0 radical (unpaired) electrons. The fourth-order valence-electron chi connectivity index (χ4n) is 1.73. The van der Waals surface area contributed by atoms with Gasteiger partial charge < -0.3 is 10.3 Å². The molecule has 0 aliphatic carbocycles. The summed E-state index contributed by atoms with van der Waals surface area (Å²) in [6.45, 7) is 3.59. The summed E-state index contributed by atoms with van der Waals surface area (Å²) in [7, 11) is 0. The average molecular weight is 218 g/mol. The number of nitrogens with one attached hydrogen (secondary N) is 2. The molecular weight excluding hydrogens is 203 g/mol. The number of halogens is 1. The lowest BCUT2D eigenvalue weighted by Gasteiger charge is -2.08. The molecule has 1 aromatic heterocycles. The largest absolute Gasteiger partial charge is 0.361 e. The standard InChI is InChI=1S/C13H15FN2/c1-2-15-9-10-8-11(14)5-6-12(10)13-4-3-7-16-13/h3-8,15-16H,2,9H2,1H3. The maximum atomic E-state index is 13.2. The van der Waals surface area contributed by atoms with Crippen LogP contribution < -0.4 is 5.32 Å². The second kappa shape index (κ2) is 4.94. The van der Waals surface area contributed by atoms with Gasteiger partial charge in [0.2, 0.25) is 0 Å². The Morgan fingerprint density at radius 1 is 1.31 bits per heavy atom. The van der Waals surface area contributed by atoms with Gasteiger partial charge in [0, 0.05) is 24.0 Å². The molecule has 0 aliphatic heterocycles. The van der Waals surface area contributed by atoms with Crippen LogP contribution in [-0.2, 0) is 6.54 Å². The van der Waals surface area contributed by atoms with E-state index in [1.165, 1.54) is 6.07 Å². The molecule has 0 spiro atoms. The second-order valence-electron chi connectivity index (χ2n) is 3.67. The zero-order chi connectivity index (χ0) is 11.4. The predicted molar refractivity (Wildman–Crippen MR) is 63.6 cm³/mol. The van der Waals surface area contributed by atoms with Crippen LogP contribution in [0.25, 0.3) is 11.3 Å². The van der Waals surface area contributed by atoms with Crippen molar-refractivity contribution in [1.82, 2.24) is 10.3 Å². The van der Waals surface area contributed by atoms with Crippen molar-refractivity contribution in [2.75, 3.05) is 6.54 Å². The van der Waals surface area contributed by atoms with E-state index in [0.29, 0.717) is 6.54 Å². The Balaban J connectivity index is 2.36. The fourth-order valence-corrected chi connectivity index (χ4v) is 1.73. The minimum absolute atomic E-state index is 0.191. The van der Waals surface area contributed by atoms with Gasteiger partial charge in [0.05, 0.1) is 0 Å². The summed E-state index contributed by atoms with van der Waals surface area (Å²) in [4.78, 5) is 3.14. The van der Waals surface area contributed by atoms with Crippen LogP contribution in [0.4, 0.5) is 4.39 Å². The van der Waals surface area contributed by atoms with E-state index >= 15 is 0 Å². The molecule has 0 saturated carbocycles. The molecule has 0 saturated heterocycles. The Labute approximate surface area is 94.5 Å². The third-order valence-electron chi connectivity index (χ3n) is 2.52. The van der Waals surface area contributed by atoms with E-state index in [9.17, 15) is 4.39 Å². The number of rotatable bonds is 4. The summed E-state index contributed by atoms with van der Waals surface area (Å²) in [6.07, 6.45) is 1.87. The molecule has 1 heterocycles. The summed E-state index contributed by atoms with van der Waals surface area (Å²) in [5.74, 6) is -0.191. The highest BCUT2D eigenvalue weighted by atomic mass is 19.1. The van der Waals surface area contributed by atoms with E-state index in [-0.39, 0.29) is 5.82 Å². The molecule has 2 aromatic rings. The topological polar surface area (TPSA) is 27.8 Å². The molecule has 3 heteroatoms. The Kier molecular flexibility index (Phi) is 3.37. The fraction of sp³-hybridized carbons (Fsp3) is 0.231. The average Bonchev–Trinajstić information content (AvgIpc) is 2.80. The van der Waals surface area contributed by atoms with Crippen molar-refractivity contribution in [2.45, 2.75) is 13.5 Å². The Morgan fingerprint density at radius 2 is 2.19 bits per heavy atom. The number of benzene rings is 1. The maximum Gasteiger partial charge on any atom is 0.123 e. The quantitative estimate of drug-likeness (QED) is 0.811. The van der Waals surface area contributed by atoms with Crippen molar-refractivity contribution in [3.8, 4) is 11.3 Å². The molecule has 0 amide bonds. The Morgan fingerprint density at radius 3 is 2.88 bits per heavy atom. The molecule has 0 atom stereocenters. The highest BCUT2D eigenvalue weighted by molar-refractivity contribution is 5.63. The minimum Gasteiger partial charge on any atom is -0.361 e. The maximum absolute atomic E-state index is 13.2. The lowest BCUT2D eigenvalue weighted by atomic mass is 10.0. The monoisotopic (exact) mass is 218 g/mol. The molecule has 1 aromatic carbocycles. The van der Waals surface area contributed by atoms with Crippen molar-refractivity contribution in [3.63, 3.8) is 0 Å². The first-order valence-electron chi connectivity index (χ1n) is 5.44. The molecule has 84 valence electrons. The first-order valence-corrected chi connectivity index (χ1v) is 5.44. The van der Waals surface area contributed by atoms with Crippen molar-refractivity contribution in [2.24, 2.45) is 0 Å². The lowest BCUT2D eigenvalue weighted by molar-refractivity contribution is 0.622. The zero-order valence-corrected chi connectivity index (χ0v) is 9.26. The lowest BCUT2D eigenvalue weighted by Crippen LogP contribution is -2.12. The SMILES string of the molecule is CCNCc1cc(F)ccc1-c1ccc[nH]1. The van der Waals surface area contributed by atoms with Crippen LogP contribution in [0.5, 0.6) is 0 Å². The molecule has 0 aliphatic rings. The summed E-state index contributed by atoms with van der Waals surface area (Å²) in [5, 5.41) is 3.21. The van der Waals surface area contributed by atoms with E-state index in [0.717, 1.165) is 23.4 Å². The van der Waals surface area contributed by atoms with Gasteiger partial charge in [-0.15, -0.1) is 0 Å². The van der Waals surface area contributed by atoms with Crippen LogP contribution in [0, 0.1) is 5.82 Å². The highest BCUT2D eigenvalue weighted by Crippen LogP contribution is 2.22. The van der Waals surface area contributed by atoms with Crippen LogP contribution in [0.15, 0.2) is 36.5 Å². The number of aromatic nitrogens is 1. The van der Waals surface area contributed by atoms with Gasteiger partial charge in [-0.05, 0) is 42.4 Å². The molecule has 2 N–H and O–H groups in total. The van der Waals surface area contributed by atoms with Crippen LogP contribution in [-0.4, -0.2) is 11.5 Å². The summed E-state index contributed by atoms with van der Waals surface area (Å²) in [6, 6.07) is 8.82. The molecule has 16 heavy (non-hydrogen) atoms. The third kappa shape index (κ3) is 2.31. The zero-order valence-electron chi connectivity index (χ0n) is 9.26. The number of H-pyrrole nitrogens is 1. The molecular formula is C13H15FN2. The summed E-state index contributed by atoms with van der Waals surface area (Å²) in [5.41, 5.74) is 3.05. The van der Waals surface area contributed by atoms with Crippen molar-refractivity contribution in [1.29, 1.82) is 0 Å². The molecule has 2 rings (SSSR count). The highest BCUT2D eigenvalue weighted by Gasteiger charge is 2.06. The van der Waals surface area contributed by atoms with Gasteiger partial charge in [0.15, 0.2) is 0 Å². The van der Waals surface area contributed by atoms with E-state index in [2.05, 4.69) is 10.3 Å². The summed E-state index contributed by atoms with van der Waals surface area (Å²) < 4.78 is 13.2. The molecule has 0 unspecified atom stereocenters. The minimum atomic E-state index is -0.191.